The molecule has 2 saturated carbocycles. The van der Waals surface area contributed by atoms with E-state index in [-0.39, 0.29) is 0 Å². The summed E-state index contributed by atoms with van der Waals surface area (Å²) in [7, 11) is 0. The summed E-state index contributed by atoms with van der Waals surface area (Å²) in [6.07, 6.45) is 4.03. The highest BCUT2D eigenvalue weighted by Crippen LogP contribution is 2.65. The Bertz CT molecular complexity index is 200. The maximum absolute atomic E-state index is 5.58. The van der Waals surface area contributed by atoms with Gasteiger partial charge >= 0.3 is 0 Å². The van der Waals surface area contributed by atoms with E-state index < -0.39 is 0 Å². The van der Waals surface area contributed by atoms with Crippen LogP contribution in [0.2, 0.25) is 0 Å². The molecule has 2 nitrogen and oxygen atoms in total. The lowest BCUT2D eigenvalue weighted by Crippen LogP contribution is -2.47. The fourth-order valence-electron chi connectivity index (χ4n) is 3.46. The van der Waals surface area contributed by atoms with Crippen molar-refractivity contribution in [1.29, 1.82) is 0 Å². The molecule has 2 heteroatoms. The van der Waals surface area contributed by atoms with Crippen LogP contribution >= 0.6 is 0 Å². The minimum Gasteiger partial charge on any atom is -0.271 e. The first-order valence-corrected chi connectivity index (χ1v) is 4.98. The van der Waals surface area contributed by atoms with Gasteiger partial charge in [-0.3, -0.25) is 11.3 Å². The summed E-state index contributed by atoms with van der Waals surface area (Å²) in [5, 5.41) is 0. The molecule has 0 aliphatic heterocycles. The third-order valence-electron chi connectivity index (χ3n) is 5.00. The van der Waals surface area contributed by atoms with Crippen LogP contribution in [0.1, 0.15) is 40.0 Å². The molecule has 70 valence electrons. The number of rotatable bonds is 1. The lowest BCUT2D eigenvalue weighted by molar-refractivity contribution is 0.121. The van der Waals surface area contributed by atoms with E-state index in [1.54, 1.807) is 0 Å². The first-order chi connectivity index (χ1) is 5.52. The van der Waals surface area contributed by atoms with Crippen molar-refractivity contribution in [1.82, 2.24) is 5.43 Å². The van der Waals surface area contributed by atoms with E-state index in [0.717, 1.165) is 5.92 Å². The molecule has 2 aliphatic carbocycles. The van der Waals surface area contributed by atoms with Crippen molar-refractivity contribution in [2.45, 2.75) is 46.1 Å². The molecule has 3 N–H and O–H groups in total. The van der Waals surface area contributed by atoms with Gasteiger partial charge in [0.25, 0.3) is 0 Å². The Balaban J connectivity index is 2.33. The zero-order valence-corrected chi connectivity index (χ0v) is 8.35. The van der Waals surface area contributed by atoms with Gasteiger partial charge in [-0.15, -0.1) is 0 Å². The Kier molecular flexibility index (Phi) is 1.59. The minimum atomic E-state index is 0.437. The predicted molar refractivity (Wildman–Crippen MR) is 50.3 cm³/mol. The first kappa shape index (κ1) is 8.52. The third kappa shape index (κ3) is 0.728. The molecule has 0 spiro atoms. The summed E-state index contributed by atoms with van der Waals surface area (Å²) < 4.78 is 0. The molecule has 0 aromatic rings. The molecule has 2 bridgehead atoms. The highest BCUT2D eigenvalue weighted by molar-refractivity contribution is 5.12. The molecule has 2 aliphatic rings. The van der Waals surface area contributed by atoms with Gasteiger partial charge in [0, 0.05) is 6.04 Å². The van der Waals surface area contributed by atoms with Crippen LogP contribution in [0.3, 0.4) is 0 Å². The van der Waals surface area contributed by atoms with E-state index in [0.29, 0.717) is 16.9 Å². The molecule has 2 fully saturated rings. The molecular weight excluding hydrogens is 148 g/mol. The average Bonchev–Trinajstić information content (AvgIpc) is 2.34. The smallest absolute Gasteiger partial charge is 0.0272 e. The first-order valence-electron chi connectivity index (χ1n) is 4.98. The molecule has 3 atom stereocenters. The van der Waals surface area contributed by atoms with Crippen LogP contribution in [0.25, 0.3) is 0 Å². The van der Waals surface area contributed by atoms with Crippen molar-refractivity contribution in [3.8, 4) is 0 Å². The summed E-state index contributed by atoms with van der Waals surface area (Å²) >= 11 is 0. The van der Waals surface area contributed by atoms with Crippen molar-refractivity contribution in [3.63, 3.8) is 0 Å². The summed E-state index contributed by atoms with van der Waals surface area (Å²) in [5.74, 6) is 6.47. The SMILES string of the molecule is CC1(C)[C@H]2CC[C@]1(C)C(NN)C2. The van der Waals surface area contributed by atoms with Crippen LogP contribution < -0.4 is 11.3 Å². The average molecular weight is 168 g/mol. The van der Waals surface area contributed by atoms with Gasteiger partial charge in [0.05, 0.1) is 0 Å². The molecule has 2 rings (SSSR count). The van der Waals surface area contributed by atoms with Crippen molar-refractivity contribution < 1.29 is 0 Å². The number of hydrogen-bond acceptors (Lipinski definition) is 2. The fourth-order valence-corrected chi connectivity index (χ4v) is 3.46. The summed E-state index contributed by atoms with van der Waals surface area (Å²) in [4.78, 5) is 0. The highest BCUT2D eigenvalue weighted by atomic mass is 15.2. The van der Waals surface area contributed by atoms with E-state index in [9.17, 15) is 0 Å². The molecule has 0 saturated heterocycles. The Morgan fingerprint density at radius 3 is 2.25 bits per heavy atom. The highest BCUT2D eigenvalue weighted by Gasteiger charge is 2.60. The van der Waals surface area contributed by atoms with Crippen molar-refractivity contribution in [3.05, 3.63) is 0 Å². The Morgan fingerprint density at radius 2 is 2.00 bits per heavy atom. The monoisotopic (exact) mass is 168 g/mol. The number of nitrogens with one attached hydrogen (secondary N) is 1. The van der Waals surface area contributed by atoms with Crippen LogP contribution in [0.4, 0.5) is 0 Å². The zero-order chi connectivity index (χ0) is 8.98. The van der Waals surface area contributed by atoms with Gasteiger partial charge in [-0.25, -0.2) is 0 Å². The van der Waals surface area contributed by atoms with E-state index in [1.165, 1.54) is 19.3 Å². The second kappa shape index (κ2) is 2.24. The second-order valence-corrected chi connectivity index (χ2v) is 5.33. The maximum atomic E-state index is 5.58. The van der Waals surface area contributed by atoms with Gasteiger partial charge in [-0.1, -0.05) is 20.8 Å². The molecule has 0 aromatic carbocycles. The Morgan fingerprint density at radius 1 is 1.33 bits per heavy atom. The number of hydrazine groups is 1. The van der Waals surface area contributed by atoms with Crippen molar-refractivity contribution >= 4 is 0 Å². The minimum absolute atomic E-state index is 0.437. The number of nitrogens with two attached hydrogens (primary N) is 1. The van der Waals surface area contributed by atoms with Crippen LogP contribution in [0, 0.1) is 16.7 Å². The summed E-state index contributed by atoms with van der Waals surface area (Å²) in [5.41, 5.74) is 3.92. The Hall–Kier alpha value is -0.0800. The van der Waals surface area contributed by atoms with Gasteiger partial charge < -0.3 is 0 Å². The molecular formula is C10H20N2. The summed E-state index contributed by atoms with van der Waals surface area (Å²) in [6, 6.07) is 0.547. The quantitative estimate of drug-likeness (QED) is 0.461. The van der Waals surface area contributed by atoms with E-state index in [1.807, 2.05) is 0 Å². The summed E-state index contributed by atoms with van der Waals surface area (Å²) in [6.45, 7) is 7.20. The molecule has 1 unspecified atom stereocenters. The van der Waals surface area contributed by atoms with E-state index in [4.69, 9.17) is 5.84 Å². The van der Waals surface area contributed by atoms with Gasteiger partial charge in [-0.2, -0.15) is 0 Å². The number of hydrogen-bond donors (Lipinski definition) is 2. The van der Waals surface area contributed by atoms with Crippen molar-refractivity contribution in [2.24, 2.45) is 22.6 Å². The second-order valence-electron chi connectivity index (χ2n) is 5.33. The third-order valence-corrected chi connectivity index (χ3v) is 5.00. The van der Waals surface area contributed by atoms with Crippen LogP contribution in [0.5, 0.6) is 0 Å². The normalized spacial score (nSPS) is 50.0. The largest absolute Gasteiger partial charge is 0.271 e. The maximum Gasteiger partial charge on any atom is 0.0272 e. The molecule has 0 aromatic heterocycles. The number of fused-ring (bicyclic) bond motifs is 2. The fraction of sp³-hybridized carbons (Fsp3) is 1.00. The lowest BCUT2D eigenvalue weighted by Gasteiger charge is -2.38. The van der Waals surface area contributed by atoms with E-state index >= 15 is 0 Å². The van der Waals surface area contributed by atoms with Gasteiger partial charge in [-0.05, 0) is 36.0 Å². The van der Waals surface area contributed by atoms with Gasteiger partial charge in [0.1, 0.15) is 0 Å². The molecule has 0 radical (unpaired) electrons. The predicted octanol–water partition coefficient (Wildman–Crippen LogP) is 1.66. The standard InChI is InChI=1S/C10H20N2/c1-9(2)7-4-5-10(9,3)8(6-7)12-11/h7-8,12H,4-6,11H2,1-3H3/t7-,8?,10+/m0/s1. The molecule has 12 heavy (non-hydrogen) atoms. The van der Waals surface area contributed by atoms with Crippen LogP contribution in [0.15, 0.2) is 0 Å². The van der Waals surface area contributed by atoms with Crippen LogP contribution in [-0.4, -0.2) is 6.04 Å². The Labute approximate surface area is 74.9 Å². The van der Waals surface area contributed by atoms with Gasteiger partial charge in [0.2, 0.25) is 0 Å². The molecule has 0 amide bonds. The van der Waals surface area contributed by atoms with E-state index in [2.05, 4.69) is 26.2 Å². The zero-order valence-electron chi connectivity index (χ0n) is 8.35. The lowest BCUT2D eigenvalue weighted by atomic mass is 9.69. The van der Waals surface area contributed by atoms with Crippen LogP contribution in [-0.2, 0) is 0 Å². The molecule has 0 heterocycles. The van der Waals surface area contributed by atoms with Gasteiger partial charge in [0.15, 0.2) is 0 Å². The van der Waals surface area contributed by atoms with Crippen molar-refractivity contribution in [2.75, 3.05) is 0 Å². The topological polar surface area (TPSA) is 38.0 Å².